The maximum absolute atomic E-state index is 11.3. The number of carbonyl (C=O) groups excluding carboxylic acids is 2. The van der Waals surface area contributed by atoms with Crippen molar-refractivity contribution in [1.29, 1.82) is 0 Å². The summed E-state index contributed by atoms with van der Waals surface area (Å²) in [5.41, 5.74) is 0. The molecule has 0 saturated heterocycles. The van der Waals surface area contributed by atoms with Crippen LogP contribution in [0, 0.1) is 0 Å². The quantitative estimate of drug-likeness (QED) is 0.187. The SMILES string of the molecule is O=C(CCCCCCCC=CCCCCCCCC(=O)NCCO)NCCO. The van der Waals surface area contributed by atoms with Gasteiger partial charge in [-0.25, -0.2) is 0 Å². The molecule has 164 valence electrons. The van der Waals surface area contributed by atoms with E-state index in [1.54, 1.807) is 0 Å². The molecule has 0 unspecified atom stereocenters. The molecule has 4 N–H and O–H groups in total. The van der Waals surface area contributed by atoms with E-state index in [1.165, 1.54) is 38.5 Å². The molecule has 0 radical (unpaired) electrons. The minimum Gasteiger partial charge on any atom is -0.395 e. The third-order valence-corrected chi connectivity index (χ3v) is 4.58. The zero-order valence-corrected chi connectivity index (χ0v) is 17.6. The Balaban J connectivity index is 3.22. The monoisotopic (exact) mass is 398 g/mol. The molecule has 0 aliphatic rings. The molecular formula is C22H42N2O4. The predicted molar refractivity (Wildman–Crippen MR) is 114 cm³/mol. The van der Waals surface area contributed by atoms with Crippen molar-refractivity contribution in [2.24, 2.45) is 0 Å². The lowest BCUT2D eigenvalue weighted by Crippen LogP contribution is -2.25. The molecule has 0 atom stereocenters. The Labute approximate surface area is 171 Å². The number of aliphatic hydroxyl groups excluding tert-OH is 2. The lowest BCUT2D eigenvalue weighted by molar-refractivity contribution is -0.122. The fourth-order valence-electron chi connectivity index (χ4n) is 2.96. The molecule has 28 heavy (non-hydrogen) atoms. The molecule has 6 nitrogen and oxygen atoms in total. The van der Waals surface area contributed by atoms with Gasteiger partial charge in [0.2, 0.25) is 11.8 Å². The van der Waals surface area contributed by atoms with Crippen LogP contribution in [0.25, 0.3) is 0 Å². The number of nitrogens with one attached hydrogen (secondary N) is 2. The first-order valence-corrected chi connectivity index (χ1v) is 11.1. The van der Waals surface area contributed by atoms with Gasteiger partial charge in [0.05, 0.1) is 13.2 Å². The summed E-state index contributed by atoms with van der Waals surface area (Å²) in [6, 6.07) is 0. The van der Waals surface area contributed by atoms with Gasteiger partial charge >= 0.3 is 0 Å². The van der Waals surface area contributed by atoms with E-state index in [0.717, 1.165) is 38.5 Å². The second-order valence-corrected chi connectivity index (χ2v) is 7.23. The van der Waals surface area contributed by atoms with E-state index >= 15 is 0 Å². The highest BCUT2D eigenvalue weighted by Crippen LogP contribution is 2.10. The minimum atomic E-state index is 0.00603. The minimum absolute atomic E-state index is 0.00603. The molecule has 0 aromatic carbocycles. The molecule has 0 heterocycles. The van der Waals surface area contributed by atoms with E-state index in [4.69, 9.17) is 10.2 Å². The predicted octanol–water partition coefficient (Wildman–Crippen LogP) is 3.22. The van der Waals surface area contributed by atoms with Gasteiger partial charge in [0.1, 0.15) is 0 Å². The second-order valence-electron chi connectivity index (χ2n) is 7.23. The number of aliphatic hydroxyl groups is 2. The van der Waals surface area contributed by atoms with E-state index in [2.05, 4.69) is 22.8 Å². The summed E-state index contributed by atoms with van der Waals surface area (Å²) in [4.78, 5) is 22.7. The molecule has 0 saturated carbocycles. The average Bonchev–Trinajstić information content (AvgIpc) is 2.70. The van der Waals surface area contributed by atoms with Crippen LogP contribution in [-0.4, -0.2) is 48.3 Å². The Hall–Kier alpha value is -1.40. The molecule has 0 aromatic heterocycles. The topological polar surface area (TPSA) is 98.7 Å². The fourth-order valence-corrected chi connectivity index (χ4v) is 2.96. The Morgan fingerprint density at radius 3 is 1.32 bits per heavy atom. The number of carbonyl (C=O) groups is 2. The Bertz CT molecular complexity index is 364. The van der Waals surface area contributed by atoms with Gasteiger partial charge in [0.25, 0.3) is 0 Å². The van der Waals surface area contributed by atoms with Crippen LogP contribution in [0.1, 0.15) is 89.9 Å². The molecule has 0 spiro atoms. The van der Waals surface area contributed by atoms with Crippen LogP contribution in [0.4, 0.5) is 0 Å². The first-order valence-electron chi connectivity index (χ1n) is 11.1. The molecule has 0 rings (SSSR count). The van der Waals surface area contributed by atoms with E-state index < -0.39 is 0 Å². The van der Waals surface area contributed by atoms with Crippen molar-refractivity contribution < 1.29 is 19.8 Å². The van der Waals surface area contributed by atoms with Crippen LogP contribution in [0.3, 0.4) is 0 Å². The van der Waals surface area contributed by atoms with Crippen LogP contribution in [0.5, 0.6) is 0 Å². The normalized spacial score (nSPS) is 11.1. The summed E-state index contributed by atoms with van der Waals surface area (Å²) in [5, 5.41) is 22.6. The zero-order valence-electron chi connectivity index (χ0n) is 17.6. The van der Waals surface area contributed by atoms with Gasteiger partial charge in [-0.2, -0.15) is 0 Å². The van der Waals surface area contributed by atoms with Crippen LogP contribution in [-0.2, 0) is 9.59 Å². The maximum Gasteiger partial charge on any atom is 0.220 e. The fraction of sp³-hybridized carbons (Fsp3) is 0.818. The number of allylic oxidation sites excluding steroid dienone is 2. The third-order valence-electron chi connectivity index (χ3n) is 4.58. The second kappa shape index (κ2) is 21.9. The van der Waals surface area contributed by atoms with Gasteiger partial charge in [-0.1, -0.05) is 50.7 Å². The average molecular weight is 399 g/mol. The van der Waals surface area contributed by atoms with Gasteiger partial charge < -0.3 is 20.8 Å². The number of unbranched alkanes of at least 4 members (excludes halogenated alkanes) is 10. The molecule has 0 bridgehead atoms. The molecular weight excluding hydrogens is 356 g/mol. The molecule has 0 aliphatic heterocycles. The number of hydrogen-bond acceptors (Lipinski definition) is 4. The van der Waals surface area contributed by atoms with Crippen LogP contribution < -0.4 is 10.6 Å². The lowest BCUT2D eigenvalue weighted by Gasteiger charge is -2.03. The van der Waals surface area contributed by atoms with E-state index in [0.29, 0.717) is 25.9 Å². The van der Waals surface area contributed by atoms with Gasteiger partial charge in [-0.15, -0.1) is 0 Å². The van der Waals surface area contributed by atoms with Crippen LogP contribution >= 0.6 is 0 Å². The summed E-state index contributed by atoms with van der Waals surface area (Å²) in [6.45, 7) is 0.726. The van der Waals surface area contributed by atoms with Crippen LogP contribution in [0.2, 0.25) is 0 Å². The third kappa shape index (κ3) is 20.9. The van der Waals surface area contributed by atoms with Crippen molar-refractivity contribution in [3.05, 3.63) is 12.2 Å². The smallest absolute Gasteiger partial charge is 0.220 e. The highest BCUT2D eigenvalue weighted by molar-refractivity contribution is 5.76. The van der Waals surface area contributed by atoms with Crippen molar-refractivity contribution in [1.82, 2.24) is 10.6 Å². The maximum atomic E-state index is 11.3. The molecule has 0 aliphatic carbocycles. The van der Waals surface area contributed by atoms with E-state index in [9.17, 15) is 9.59 Å². The van der Waals surface area contributed by atoms with Gasteiger partial charge in [-0.3, -0.25) is 9.59 Å². The molecule has 0 fully saturated rings. The standard InChI is InChI=1S/C22H42N2O4/c25-19-17-23-21(27)15-13-11-9-7-5-3-1-2-4-6-8-10-12-14-16-22(28)24-18-20-26/h1-2,25-26H,3-20H2,(H,23,27)(H,24,28). The Morgan fingerprint density at radius 2 is 0.929 bits per heavy atom. The molecule has 6 heteroatoms. The Kier molecular flexibility index (Phi) is 20.8. The van der Waals surface area contributed by atoms with Gasteiger partial charge in [-0.05, 0) is 38.5 Å². The molecule has 2 amide bonds. The van der Waals surface area contributed by atoms with Crippen molar-refractivity contribution in [3.8, 4) is 0 Å². The summed E-state index contributed by atoms with van der Waals surface area (Å²) >= 11 is 0. The van der Waals surface area contributed by atoms with Gasteiger partial charge in [0.15, 0.2) is 0 Å². The van der Waals surface area contributed by atoms with Crippen molar-refractivity contribution in [2.75, 3.05) is 26.3 Å². The number of amides is 2. The van der Waals surface area contributed by atoms with Gasteiger partial charge in [0, 0.05) is 25.9 Å². The Morgan fingerprint density at radius 1 is 0.571 bits per heavy atom. The highest BCUT2D eigenvalue weighted by atomic mass is 16.3. The van der Waals surface area contributed by atoms with E-state index in [-0.39, 0.29) is 25.0 Å². The first-order chi connectivity index (χ1) is 13.7. The summed E-state index contributed by atoms with van der Waals surface area (Å²) in [5.74, 6) is 0.0843. The number of rotatable bonds is 20. The van der Waals surface area contributed by atoms with Crippen molar-refractivity contribution in [3.63, 3.8) is 0 Å². The first kappa shape index (κ1) is 26.6. The summed E-state index contributed by atoms with van der Waals surface area (Å²) in [7, 11) is 0. The van der Waals surface area contributed by atoms with Crippen molar-refractivity contribution >= 4 is 11.8 Å². The lowest BCUT2D eigenvalue weighted by atomic mass is 10.1. The zero-order chi connectivity index (χ0) is 20.7. The number of hydrogen-bond donors (Lipinski definition) is 4. The van der Waals surface area contributed by atoms with Crippen molar-refractivity contribution in [2.45, 2.75) is 89.9 Å². The largest absolute Gasteiger partial charge is 0.395 e. The summed E-state index contributed by atoms with van der Waals surface area (Å²) in [6.07, 6.45) is 19.3. The highest BCUT2D eigenvalue weighted by Gasteiger charge is 2.00. The van der Waals surface area contributed by atoms with Crippen LogP contribution in [0.15, 0.2) is 12.2 Å². The molecule has 0 aromatic rings. The van der Waals surface area contributed by atoms with E-state index in [1.807, 2.05) is 0 Å². The summed E-state index contributed by atoms with van der Waals surface area (Å²) < 4.78 is 0.